The van der Waals surface area contributed by atoms with Crippen molar-refractivity contribution in [1.29, 1.82) is 0 Å². The van der Waals surface area contributed by atoms with Gasteiger partial charge in [-0.25, -0.2) is 13.8 Å². The van der Waals surface area contributed by atoms with E-state index < -0.39 is 28.7 Å². The molecule has 3 nitrogen and oxygen atoms in total. The van der Waals surface area contributed by atoms with Crippen molar-refractivity contribution in [2.24, 2.45) is 0 Å². The van der Waals surface area contributed by atoms with Gasteiger partial charge in [-0.05, 0) is 27.5 Å². The minimum Gasteiger partial charge on any atom is -0.505 e. The summed E-state index contributed by atoms with van der Waals surface area (Å²) in [6.07, 6.45) is -1.93. The molecule has 1 heterocycles. The molecule has 0 bridgehead atoms. The molecule has 1 aromatic heterocycles. The first-order valence-corrected chi connectivity index (χ1v) is 4.47. The Morgan fingerprint density at radius 2 is 2.21 bits per heavy atom. The lowest BCUT2D eigenvalue weighted by Crippen LogP contribution is -1.99. The normalized spacial score (nSPS) is 10.6. The molecule has 1 aromatic rings. The summed E-state index contributed by atoms with van der Waals surface area (Å²) >= 11 is 7.79. The van der Waals surface area contributed by atoms with Gasteiger partial charge >= 0.3 is 0 Å². The van der Waals surface area contributed by atoms with Gasteiger partial charge in [0.05, 0.1) is 5.56 Å². The maximum atomic E-state index is 12.4. The first kappa shape index (κ1) is 11.3. The Hall–Kier alpha value is -0.750. The van der Waals surface area contributed by atoms with Crippen LogP contribution in [0.15, 0.2) is 10.7 Å². The number of nitrogens with zero attached hydrogens (tertiary/aromatic N) is 1. The number of carbonyl (C=O) groups is 1. The lowest BCUT2D eigenvalue weighted by atomic mass is 10.2. The molecule has 1 N–H and O–H groups in total. The first-order valence-electron chi connectivity index (χ1n) is 3.30. The highest BCUT2D eigenvalue weighted by Crippen LogP contribution is 2.36. The number of hydrogen-bond donors (Lipinski definition) is 1. The number of alkyl halides is 2. The average Bonchev–Trinajstić information content (AvgIpc) is 2.02. The number of aromatic nitrogens is 1. The van der Waals surface area contributed by atoms with Gasteiger partial charge in [0, 0.05) is 10.7 Å². The summed E-state index contributed by atoms with van der Waals surface area (Å²) in [5.41, 5.74) is -1.27. The maximum Gasteiger partial charge on any atom is 0.274 e. The molecule has 0 aromatic carbocycles. The summed E-state index contributed by atoms with van der Waals surface area (Å²) in [6, 6.07) is 0. The molecule has 0 saturated carbocycles. The highest BCUT2D eigenvalue weighted by molar-refractivity contribution is 9.10. The number of carbonyl (C=O) groups excluding carboxylic acids is 1. The van der Waals surface area contributed by atoms with E-state index in [1.807, 2.05) is 0 Å². The second-order valence-electron chi connectivity index (χ2n) is 2.29. The van der Waals surface area contributed by atoms with E-state index in [-0.39, 0.29) is 4.47 Å². The molecule has 1 rings (SSSR count). The van der Waals surface area contributed by atoms with E-state index in [0.29, 0.717) is 0 Å². The van der Waals surface area contributed by atoms with Crippen LogP contribution >= 0.6 is 27.5 Å². The fourth-order valence-corrected chi connectivity index (χ4v) is 1.45. The smallest absolute Gasteiger partial charge is 0.274 e. The molecular formula is C7H3BrClF2NO2. The van der Waals surface area contributed by atoms with Crippen molar-refractivity contribution in [3.63, 3.8) is 0 Å². The van der Waals surface area contributed by atoms with Crippen LogP contribution in [0.25, 0.3) is 0 Å². The summed E-state index contributed by atoms with van der Waals surface area (Å²) in [4.78, 5) is 14.0. The Bertz CT molecular complexity index is 386. The van der Waals surface area contributed by atoms with Crippen LogP contribution in [-0.2, 0) is 0 Å². The molecule has 0 atom stereocenters. The third kappa shape index (κ3) is 2.01. The van der Waals surface area contributed by atoms with E-state index >= 15 is 0 Å². The molecule has 0 aliphatic heterocycles. The van der Waals surface area contributed by atoms with Crippen molar-refractivity contribution >= 4 is 32.8 Å². The summed E-state index contributed by atoms with van der Waals surface area (Å²) in [7, 11) is 0. The van der Waals surface area contributed by atoms with Crippen LogP contribution in [-0.4, -0.2) is 15.3 Å². The predicted octanol–water partition coefficient (Wildman–Crippen LogP) is 2.87. The van der Waals surface area contributed by atoms with Gasteiger partial charge in [0.25, 0.3) is 11.7 Å². The van der Waals surface area contributed by atoms with E-state index in [4.69, 9.17) is 11.6 Å². The monoisotopic (exact) mass is 285 g/mol. The van der Waals surface area contributed by atoms with Crippen LogP contribution in [0, 0.1) is 0 Å². The minimum absolute atomic E-state index is 0.0772. The van der Waals surface area contributed by atoms with Gasteiger partial charge in [-0.15, -0.1) is 0 Å². The topological polar surface area (TPSA) is 50.2 Å². The zero-order valence-electron chi connectivity index (χ0n) is 6.47. The largest absolute Gasteiger partial charge is 0.505 e. The maximum absolute atomic E-state index is 12.4. The number of rotatable bonds is 2. The van der Waals surface area contributed by atoms with Gasteiger partial charge in [-0.2, -0.15) is 0 Å². The van der Waals surface area contributed by atoms with Crippen LogP contribution in [0.1, 0.15) is 22.5 Å². The molecule has 0 fully saturated rings. The van der Waals surface area contributed by atoms with Crippen molar-refractivity contribution in [1.82, 2.24) is 4.98 Å². The molecule has 14 heavy (non-hydrogen) atoms. The van der Waals surface area contributed by atoms with Crippen LogP contribution in [0.5, 0.6) is 5.75 Å². The Balaban J connectivity index is 3.41. The second kappa shape index (κ2) is 4.18. The van der Waals surface area contributed by atoms with Gasteiger partial charge < -0.3 is 5.11 Å². The zero-order valence-corrected chi connectivity index (χ0v) is 8.81. The number of pyridine rings is 1. The molecule has 0 aliphatic rings. The highest BCUT2D eigenvalue weighted by atomic mass is 79.9. The molecule has 7 heteroatoms. The van der Waals surface area contributed by atoms with Gasteiger partial charge in [0.15, 0.2) is 11.4 Å². The molecule has 0 spiro atoms. The van der Waals surface area contributed by atoms with Gasteiger partial charge in [-0.3, -0.25) is 4.79 Å². The van der Waals surface area contributed by atoms with Crippen LogP contribution in [0.4, 0.5) is 8.78 Å². The summed E-state index contributed by atoms with van der Waals surface area (Å²) in [5, 5.41) is 8.15. The zero-order chi connectivity index (χ0) is 10.9. The van der Waals surface area contributed by atoms with Crippen LogP contribution < -0.4 is 0 Å². The minimum atomic E-state index is -2.91. The summed E-state index contributed by atoms with van der Waals surface area (Å²) < 4.78 is 24.6. The molecule has 76 valence electrons. The molecule has 0 radical (unpaired) electrons. The fourth-order valence-electron chi connectivity index (χ4n) is 0.844. The Morgan fingerprint density at radius 1 is 1.64 bits per heavy atom. The lowest BCUT2D eigenvalue weighted by molar-refractivity contribution is 0.107. The third-order valence-electron chi connectivity index (χ3n) is 1.45. The van der Waals surface area contributed by atoms with E-state index in [1.165, 1.54) is 0 Å². The van der Waals surface area contributed by atoms with Crippen molar-refractivity contribution < 1.29 is 18.7 Å². The number of hydrogen-bond acceptors (Lipinski definition) is 3. The first-order chi connectivity index (χ1) is 6.45. The predicted molar refractivity (Wildman–Crippen MR) is 48.7 cm³/mol. The Morgan fingerprint density at radius 3 is 2.64 bits per heavy atom. The second-order valence-corrected chi connectivity index (χ2v) is 3.49. The quantitative estimate of drug-likeness (QED) is 0.851. The summed E-state index contributed by atoms with van der Waals surface area (Å²) in [5.74, 6) is -0.894. The average molecular weight is 286 g/mol. The highest BCUT2D eigenvalue weighted by Gasteiger charge is 2.23. The van der Waals surface area contributed by atoms with E-state index in [1.54, 1.807) is 0 Å². The number of aromatic hydroxyl groups is 1. The Kier molecular flexibility index (Phi) is 3.38. The van der Waals surface area contributed by atoms with Crippen molar-refractivity contribution in [2.45, 2.75) is 6.43 Å². The molecule has 0 unspecified atom stereocenters. The SMILES string of the molecule is O=C(Cl)c1ncc(Br)c(C(F)F)c1O. The number of halogens is 4. The van der Waals surface area contributed by atoms with Gasteiger partial charge in [0.1, 0.15) is 0 Å². The van der Waals surface area contributed by atoms with Gasteiger partial charge in [0.2, 0.25) is 0 Å². The van der Waals surface area contributed by atoms with Crippen molar-refractivity contribution in [2.75, 3.05) is 0 Å². The van der Waals surface area contributed by atoms with Gasteiger partial charge in [-0.1, -0.05) is 0 Å². The lowest BCUT2D eigenvalue weighted by Gasteiger charge is -2.07. The van der Waals surface area contributed by atoms with Crippen molar-refractivity contribution in [3.8, 4) is 5.75 Å². The third-order valence-corrected chi connectivity index (χ3v) is 2.26. The summed E-state index contributed by atoms with van der Waals surface area (Å²) in [6.45, 7) is 0. The molecule has 0 amide bonds. The van der Waals surface area contributed by atoms with E-state index in [2.05, 4.69) is 20.9 Å². The van der Waals surface area contributed by atoms with Crippen LogP contribution in [0.2, 0.25) is 0 Å². The molecule has 0 aliphatic carbocycles. The molecular weight excluding hydrogens is 283 g/mol. The Labute approximate surface area is 90.8 Å². The van der Waals surface area contributed by atoms with Crippen molar-refractivity contribution in [3.05, 3.63) is 21.9 Å². The molecule has 0 saturated heterocycles. The standard InChI is InChI=1S/C7H3BrClF2NO2/c8-2-1-12-4(6(9)14)5(13)3(2)7(10)11/h1,7,13H. The fraction of sp³-hybridized carbons (Fsp3) is 0.143. The van der Waals surface area contributed by atoms with E-state index in [9.17, 15) is 18.7 Å². The van der Waals surface area contributed by atoms with E-state index in [0.717, 1.165) is 6.20 Å². The van der Waals surface area contributed by atoms with Crippen LogP contribution in [0.3, 0.4) is 0 Å².